The summed E-state index contributed by atoms with van der Waals surface area (Å²) in [5, 5.41) is 18.5. The number of aliphatic hydroxyl groups excluding tert-OH is 2. The van der Waals surface area contributed by atoms with Crippen molar-refractivity contribution in [1.29, 1.82) is 0 Å². The highest BCUT2D eigenvalue weighted by Gasteiger charge is 2.16. The van der Waals surface area contributed by atoms with Crippen molar-refractivity contribution < 1.29 is 19.7 Å². The zero-order valence-electron chi connectivity index (χ0n) is 8.93. The quantitative estimate of drug-likeness (QED) is 0.768. The lowest BCUT2D eigenvalue weighted by Gasteiger charge is -2.16. The topological polar surface area (TPSA) is 58.9 Å². The van der Waals surface area contributed by atoms with Gasteiger partial charge in [0.25, 0.3) is 0 Å². The molecule has 1 rings (SSSR count). The number of rotatable bonds is 5. The fourth-order valence-electron chi connectivity index (χ4n) is 1.45. The van der Waals surface area contributed by atoms with Crippen LogP contribution in [0.4, 0.5) is 0 Å². The smallest absolute Gasteiger partial charge is 0.166 e. The Bertz CT molecular complexity index is 311. The Morgan fingerprint density at radius 2 is 2.00 bits per heavy atom. The van der Waals surface area contributed by atoms with Crippen LogP contribution in [0.1, 0.15) is 18.1 Å². The van der Waals surface area contributed by atoms with E-state index in [0.29, 0.717) is 17.1 Å². The number of para-hydroxylation sites is 1. The summed E-state index contributed by atoms with van der Waals surface area (Å²) in [6.07, 6.45) is -0.455. The lowest BCUT2D eigenvalue weighted by Crippen LogP contribution is -2.03. The molecule has 0 radical (unpaired) electrons. The van der Waals surface area contributed by atoms with Gasteiger partial charge in [0.15, 0.2) is 11.5 Å². The summed E-state index contributed by atoms with van der Waals surface area (Å²) in [7, 11) is 3.06. The van der Waals surface area contributed by atoms with Gasteiger partial charge in [-0.15, -0.1) is 0 Å². The molecule has 84 valence electrons. The van der Waals surface area contributed by atoms with Crippen LogP contribution in [0.25, 0.3) is 0 Å². The van der Waals surface area contributed by atoms with Crippen molar-refractivity contribution >= 4 is 0 Å². The second kappa shape index (κ2) is 5.58. The molecule has 0 saturated carbocycles. The number of hydrogen-bond donors (Lipinski definition) is 2. The van der Waals surface area contributed by atoms with Gasteiger partial charge < -0.3 is 19.7 Å². The Morgan fingerprint density at radius 3 is 2.53 bits per heavy atom. The van der Waals surface area contributed by atoms with Crippen molar-refractivity contribution in [2.24, 2.45) is 0 Å². The first-order valence-electron chi connectivity index (χ1n) is 4.74. The van der Waals surface area contributed by atoms with Gasteiger partial charge in [0, 0.05) is 18.6 Å². The van der Waals surface area contributed by atoms with Crippen molar-refractivity contribution in [3.63, 3.8) is 0 Å². The summed E-state index contributed by atoms with van der Waals surface area (Å²) in [4.78, 5) is 0. The third kappa shape index (κ3) is 2.61. The molecule has 0 saturated heterocycles. The van der Waals surface area contributed by atoms with Crippen molar-refractivity contribution in [3.8, 4) is 11.5 Å². The molecule has 0 fully saturated rings. The second-order valence-corrected chi connectivity index (χ2v) is 3.11. The highest BCUT2D eigenvalue weighted by atomic mass is 16.5. The number of methoxy groups -OCH3 is 2. The van der Waals surface area contributed by atoms with Crippen LogP contribution >= 0.6 is 0 Å². The monoisotopic (exact) mass is 212 g/mol. The number of hydrogen-bond acceptors (Lipinski definition) is 4. The summed E-state index contributed by atoms with van der Waals surface area (Å²) in [5.41, 5.74) is 0.630. The van der Waals surface area contributed by atoms with Crippen molar-refractivity contribution in [2.45, 2.75) is 12.5 Å². The summed E-state index contributed by atoms with van der Waals surface area (Å²) in [6.45, 7) is -0.0679. The Hall–Kier alpha value is -1.26. The normalized spacial score (nSPS) is 12.3. The van der Waals surface area contributed by atoms with Gasteiger partial charge in [0.05, 0.1) is 20.3 Å². The van der Waals surface area contributed by atoms with Crippen LogP contribution in [0.15, 0.2) is 18.2 Å². The van der Waals surface area contributed by atoms with Gasteiger partial charge in [-0.1, -0.05) is 12.1 Å². The largest absolute Gasteiger partial charge is 0.493 e. The molecular formula is C11H16O4. The Kier molecular flexibility index (Phi) is 4.39. The van der Waals surface area contributed by atoms with Crippen LogP contribution in [-0.2, 0) is 0 Å². The molecule has 0 aliphatic carbocycles. The van der Waals surface area contributed by atoms with Gasteiger partial charge in [-0.25, -0.2) is 0 Å². The van der Waals surface area contributed by atoms with Gasteiger partial charge >= 0.3 is 0 Å². The maximum atomic E-state index is 9.76. The average molecular weight is 212 g/mol. The summed E-state index contributed by atoms with van der Waals surface area (Å²) in [6, 6.07) is 5.28. The van der Waals surface area contributed by atoms with Crippen LogP contribution in [0.3, 0.4) is 0 Å². The minimum atomic E-state index is -0.736. The van der Waals surface area contributed by atoms with Crippen LogP contribution in [0.2, 0.25) is 0 Å². The molecule has 15 heavy (non-hydrogen) atoms. The van der Waals surface area contributed by atoms with E-state index >= 15 is 0 Å². The third-order valence-electron chi connectivity index (χ3n) is 2.19. The molecule has 0 aromatic heterocycles. The predicted octanol–water partition coefficient (Wildman–Crippen LogP) is 1.12. The molecule has 1 unspecified atom stereocenters. The molecule has 0 spiro atoms. The van der Waals surface area contributed by atoms with Gasteiger partial charge in [-0.3, -0.25) is 0 Å². The van der Waals surface area contributed by atoms with Crippen molar-refractivity contribution in [2.75, 3.05) is 20.8 Å². The molecule has 1 aromatic carbocycles. The van der Waals surface area contributed by atoms with Crippen LogP contribution in [0, 0.1) is 0 Å². The Morgan fingerprint density at radius 1 is 1.27 bits per heavy atom. The number of ether oxygens (including phenoxy) is 2. The zero-order valence-corrected chi connectivity index (χ0v) is 8.93. The number of aliphatic hydroxyl groups is 2. The van der Waals surface area contributed by atoms with E-state index in [-0.39, 0.29) is 13.0 Å². The van der Waals surface area contributed by atoms with Gasteiger partial charge in [0.1, 0.15) is 0 Å². The molecule has 2 N–H and O–H groups in total. The fourth-order valence-corrected chi connectivity index (χ4v) is 1.45. The van der Waals surface area contributed by atoms with E-state index in [9.17, 15) is 5.11 Å². The Labute approximate surface area is 89.1 Å². The second-order valence-electron chi connectivity index (χ2n) is 3.11. The summed E-state index contributed by atoms with van der Waals surface area (Å²) in [5.74, 6) is 1.09. The predicted molar refractivity (Wildman–Crippen MR) is 56.2 cm³/mol. The van der Waals surface area contributed by atoms with Gasteiger partial charge in [-0.05, 0) is 6.07 Å². The molecule has 1 aromatic rings. The molecule has 1 atom stereocenters. The van der Waals surface area contributed by atoms with E-state index in [0.717, 1.165) is 0 Å². The zero-order chi connectivity index (χ0) is 11.3. The molecule has 0 amide bonds. The van der Waals surface area contributed by atoms with Gasteiger partial charge in [0.2, 0.25) is 0 Å². The summed E-state index contributed by atoms with van der Waals surface area (Å²) < 4.78 is 10.3. The van der Waals surface area contributed by atoms with E-state index in [2.05, 4.69) is 0 Å². The van der Waals surface area contributed by atoms with E-state index < -0.39 is 6.10 Å². The highest BCUT2D eigenvalue weighted by Crippen LogP contribution is 2.35. The maximum Gasteiger partial charge on any atom is 0.166 e. The minimum absolute atomic E-state index is 0.0679. The van der Waals surface area contributed by atoms with Crippen molar-refractivity contribution in [3.05, 3.63) is 23.8 Å². The minimum Gasteiger partial charge on any atom is -0.493 e. The van der Waals surface area contributed by atoms with E-state index in [1.165, 1.54) is 7.11 Å². The first-order chi connectivity index (χ1) is 7.24. The van der Waals surface area contributed by atoms with Crippen LogP contribution in [-0.4, -0.2) is 31.0 Å². The SMILES string of the molecule is COc1cccc(C(O)CCO)c1OC. The van der Waals surface area contributed by atoms with Crippen LogP contribution in [0.5, 0.6) is 11.5 Å². The van der Waals surface area contributed by atoms with E-state index in [1.54, 1.807) is 25.3 Å². The Balaban J connectivity index is 3.05. The molecule has 0 aliphatic rings. The first-order valence-corrected chi connectivity index (χ1v) is 4.74. The lowest BCUT2D eigenvalue weighted by molar-refractivity contribution is 0.131. The standard InChI is InChI=1S/C11H16O4/c1-14-10-5-3-4-8(11(10)15-2)9(13)6-7-12/h3-5,9,12-13H,6-7H2,1-2H3. The third-order valence-corrected chi connectivity index (χ3v) is 2.19. The van der Waals surface area contributed by atoms with Crippen LogP contribution < -0.4 is 9.47 Å². The molecule has 0 bridgehead atoms. The van der Waals surface area contributed by atoms with Crippen molar-refractivity contribution in [1.82, 2.24) is 0 Å². The molecule has 0 aliphatic heterocycles. The first kappa shape index (κ1) is 11.8. The van der Waals surface area contributed by atoms with E-state index in [1.807, 2.05) is 0 Å². The van der Waals surface area contributed by atoms with E-state index in [4.69, 9.17) is 14.6 Å². The molecule has 4 heteroatoms. The highest BCUT2D eigenvalue weighted by molar-refractivity contribution is 5.47. The molecular weight excluding hydrogens is 196 g/mol. The number of benzene rings is 1. The molecule has 4 nitrogen and oxygen atoms in total. The fraction of sp³-hybridized carbons (Fsp3) is 0.455. The lowest BCUT2D eigenvalue weighted by atomic mass is 10.1. The maximum absolute atomic E-state index is 9.76. The van der Waals surface area contributed by atoms with Gasteiger partial charge in [-0.2, -0.15) is 0 Å². The average Bonchev–Trinajstić information content (AvgIpc) is 2.28. The summed E-state index contributed by atoms with van der Waals surface area (Å²) >= 11 is 0. The molecule has 0 heterocycles.